The SMILES string of the molecule is CNC1CSc2c(F)c(F)c(c(F)c2F)-c2c(F)c(F)c(c(F)c2F)SCC(C(=O)NC(CCCN=C(N)N)C(=O)NC(CCCN=C(N)N)C(=O)CCC(=O)C(C)C)NC(=O)C(CCCN=C(N)N)NC(=O)C(CCCCC(=N)N)NC(=O)C(CCCN=C(N)N)CC1=O. The number of ketones is 3. The fraction of sp³-hybridized carbons (Fsp3) is 0.561. The van der Waals surface area contributed by atoms with E-state index < -0.39 is 187 Å². The van der Waals surface area contributed by atoms with Crippen LogP contribution in [0.15, 0.2) is 29.8 Å². The van der Waals surface area contributed by atoms with E-state index in [1.807, 2.05) is 0 Å². The number of carbonyl (C=O) groups excluding carboxylic acids is 8. The predicted molar refractivity (Wildman–Crippen MR) is 343 cm³/mol. The zero-order valence-electron chi connectivity index (χ0n) is 52.6. The van der Waals surface area contributed by atoms with E-state index >= 15 is 35.1 Å². The molecule has 4 bridgehead atoms. The number of Topliss-reactive ketones (excluding diaryl/α,β-unsaturated/α-hetero) is 3. The van der Waals surface area contributed by atoms with E-state index in [-0.39, 0.29) is 163 Å². The third kappa shape index (κ3) is 25.9. The molecule has 95 heavy (non-hydrogen) atoms. The molecule has 0 aromatic heterocycles. The number of thioether (sulfide) groups is 2. The van der Waals surface area contributed by atoms with Gasteiger partial charge in [0.2, 0.25) is 29.5 Å². The minimum Gasteiger partial charge on any atom is -0.388 e. The van der Waals surface area contributed by atoms with Crippen molar-refractivity contribution >= 4 is 100 Å². The van der Waals surface area contributed by atoms with E-state index in [0.717, 1.165) is 0 Å². The molecule has 3 aliphatic heterocycles. The number of likely N-dealkylation sites (N-methyl/N-ethyl adjacent to an activating group) is 1. The van der Waals surface area contributed by atoms with Crippen molar-refractivity contribution in [1.82, 2.24) is 31.9 Å². The Labute approximate surface area is 550 Å². The molecule has 7 atom stereocenters. The number of hydrogen-bond donors (Lipinski definition) is 16. The Bertz CT molecular complexity index is 3150. The van der Waals surface area contributed by atoms with Crippen LogP contribution < -0.4 is 83.5 Å². The number of carbonyl (C=O) groups is 8. The number of fused-ring (bicyclic) bond motifs is 2. The molecule has 0 spiro atoms. The van der Waals surface area contributed by atoms with Gasteiger partial charge in [-0.05, 0) is 71.3 Å². The first-order chi connectivity index (χ1) is 44.7. The van der Waals surface area contributed by atoms with Crippen LogP contribution in [0.25, 0.3) is 11.1 Å². The van der Waals surface area contributed by atoms with Gasteiger partial charge < -0.3 is 83.5 Å². The average Bonchev–Trinajstić information content (AvgIpc) is 0.758. The second-order valence-electron chi connectivity index (χ2n) is 22.2. The molecule has 38 heteroatoms. The van der Waals surface area contributed by atoms with Gasteiger partial charge in [-0.2, -0.15) is 0 Å². The van der Waals surface area contributed by atoms with Gasteiger partial charge in [-0.3, -0.25) is 63.7 Å². The second kappa shape index (κ2) is 40.0. The van der Waals surface area contributed by atoms with Gasteiger partial charge in [0.1, 0.15) is 30.0 Å². The van der Waals surface area contributed by atoms with Gasteiger partial charge in [-0.1, -0.05) is 20.3 Å². The van der Waals surface area contributed by atoms with Crippen molar-refractivity contribution in [3.63, 3.8) is 0 Å². The van der Waals surface area contributed by atoms with Gasteiger partial charge in [0.05, 0.1) is 38.8 Å². The molecule has 2 aromatic carbocycles. The van der Waals surface area contributed by atoms with Crippen LogP contribution in [0.3, 0.4) is 0 Å². The maximum atomic E-state index is 16.4. The minimum absolute atomic E-state index is 0.00677. The summed E-state index contributed by atoms with van der Waals surface area (Å²) >= 11 is -0.253. The second-order valence-corrected chi connectivity index (χ2v) is 24.3. The monoisotopic (exact) mass is 1390 g/mol. The lowest BCUT2D eigenvalue weighted by Gasteiger charge is -2.28. The first kappa shape index (κ1) is 80.7. The molecular weight excluding hydrogens is 1310 g/mol. The van der Waals surface area contributed by atoms with Gasteiger partial charge >= 0.3 is 0 Å². The number of nitrogens with zero attached hydrogens (tertiary/aromatic N) is 4. The van der Waals surface area contributed by atoms with Crippen molar-refractivity contribution in [2.24, 2.45) is 83.4 Å². The van der Waals surface area contributed by atoms with Crippen LogP contribution in [0.1, 0.15) is 110 Å². The molecule has 0 aliphatic carbocycles. The Hall–Kier alpha value is -8.55. The van der Waals surface area contributed by atoms with E-state index in [9.17, 15) is 38.4 Å². The lowest BCUT2D eigenvalue weighted by atomic mass is 9.93. The third-order valence-electron chi connectivity index (χ3n) is 14.6. The molecule has 3 aliphatic rings. The smallest absolute Gasteiger partial charge is 0.244 e. The molecule has 0 radical (unpaired) electrons. The summed E-state index contributed by atoms with van der Waals surface area (Å²) < 4.78 is 130. The molecule has 7 unspecified atom stereocenters. The summed E-state index contributed by atoms with van der Waals surface area (Å²) in [6.45, 7) is 2.70. The number of halogens is 8. The molecule has 0 fully saturated rings. The Kier molecular flexibility index (Phi) is 34.0. The van der Waals surface area contributed by atoms with Crippen molar-refractivity contribution in [2.45, 2.75) is 156 Å². The number of aliphatic imine (C=N–C) groups is 4. The average molecular weight is 1390 g/mol. The number of amidine groups is 1. The van der Waals surface area contributed by atoms with Crippen molar-refractivity contribution in [1.29, 1.82) is 5.41 Å². The summed E-state index contributed by atoms with van der Waals surface area (Å²) in [6.07, 6.45) is -2.52. The van der Waals surface area contributed by atoms with Gasteiger partial charge in [-0.15, -0.1) is 23.5 Å². The van der Waals surface area contributed by atoms with Crippen LogP contribution in [0.5, 0.6) is 0 Å². The molecular formula is C57H84F8N20O8S2. The van der Waals surface area contributed by atoms with Crippen molar-refractivity contribution < 1.29 is 73.5 Å². The number of hydrogen-bond acceptors (Lipinski definition) is 16. The zero-order chi connectivity index (χ0) is 71.4. The highest BCUT2D eigenvalue weighted by atomic mass is 32.2. The molecule has 28 nitrogen and oxygen atoms in total. The van der Waals surface area contributed by atoms with Gasteiger partial charge in [0.25, 0.3) is 0 Å². The highest BCUT2D eigenvalue weighted by Gasteiger charge is 2.38. The fourth-order valence-electron chi connectivity index (χ4n) is 9.41. The van der Waals surface area contributed by atoms with Gasteiger partial charge in [-0.25, -0.2) is 35.1 Å². The maximum absolute atomic E-state index is 16.4. The van der Waals surface area contributed by atoms with Crippen LogP contribution in [0.4, 0.5) is 35.1 Å². The summed E-state index contributed by atoms with van der Waals surface area (Å²) in [5.74, 6) is -32.8. The topological polar surface area (TPSA) is 516 Å². The zero-order valence-corrected chi connectivity index (χ0v) is 54.2. The number of nitrogens with one attached hydrogen (secondary N) is 7. The van der Waals surface area contributed by atoms with Crippen LogP contribution in [-0.4, -0.2) is 158 Å². The maximum Gasteiger partial charge on any atom is 0.244 e. The highest BCUT2D eigenvalue weighted by molar-refractivity contribution is 7.99. The van der Waals surface area contributed by atoms with E-state index in [4.69, 9.17) is 57.0 Å². The predicted octanol–water partition coefficient (Wildman–Crippen LogP) is 0.537. The number of amides is 5. The molecule has 528 valence electrons. The first-order valence-corrected chi connectivity index (χ1v) is 32.0. The van der Waals surface area contributed by atoms with E-state index in [1.54, 1.807) is 13.8 Å². The third-order valence-corrected chi connectivity index (χ3v) is 16.9. The Morgan fingerprint density at radius 3 is 1.41 bits per heavy atom. The Balaban J connectivity index is 2.42. The van der Waals surface area contributed by atoms with Crippen molar-refractivity contribution in [3.8, 4) is 11.1 Å². The lowest BCUT2D eigenvalue weighted by molar-refractivity contribution is -0.136. The molecule has 0 saturated carbocycles. The summed E-state index contributed by atoms with van der Waals surface area (Å²) in [6, 6.07) is -10.3. The van der Waals surface area contributed by atoms with Crippen molar-refractivity contribution in [2.75, 3.05) is 44.7 Å². The van der Waals surface area contributed by atoms with E-state index in [2.05, 4.69) is 51.9 Å². The van der Waals surface area contributed by atoms with Gasteiger partial charge in [0.15, 0.2) is 81.9 Å². The standard InChI is InChI=1S/C57H84F8N20O8S2/c1-25(2)33(86)16-17-34(87)27(12-7-19-78-55(70)71)81-50(90)29(13-8-20-79-56(72)73)84-53(93)32-24-95-48-45(64)41(60)38(42(61)46(48)65)37-39(58)43(62)47(44(63)40(37)59)94-23-31(76-3)35(88)22-26(10-6-18-77-54(68)69)49(89)82-28(11-4-5-15-36(66)67)51(91)83-30(52(92)85-32)14-9-21-80-57(74)75/h25-32,76H,4-24H2,1-3H3,(H3,66,67)(H,81,90)(H,82,89)(H,83,91)(H,84,93)(H,85,92)(H4,68,69,77)(H4,70,71,78)(H4,72,73,79)(H4,74,75,80). The summed E-state index contributed by atoms with van der Waals surface area (Å²) in [7, 11) is 1.21. The molecule has 2 aromatic rings. The van der Waals surface area contributed by atoms with Crippen LogP contribution >= 0.6 is 23.5 Å². The molecule has 5 amide bonds. The number of rotatable bonds is 31. The quantitative estimate of drug-likeness (QED) is 0.0161. The summed E-state index contributed by atoms with van der Waals surface area (Å²) in [5, 5.41) is 22.6. The molecule has 5 rings (SSSR count). The van der Waals surface area contributed by atoms with Crippen LogP contribution in [-0.2, 0) is 38.4 Å². The molecule has 3 heterocycles. The number of nitrogens with two attached hydrogens (primary N) is 9. The highest BCUT2D eigenvalue weighted by Crippen LogP contribution is 2.42. The number of unbranched alkanes of at least 4 members (excludes halogenated alkanes) is 1. The van der Waals surface area contributed by atoms with Crippen LogP contribution in [0, 0.1) is 63.8 Å². The van der Waals surface area contributed by atoms with Crippen LogP contribution in [0.2, 0.25) is 0 Å². The first-order valence-electron chi connectivity index (χ1n) is 30.0. The van der Waals surface area contributed by atoms with Gasteiger partial charge in [0, 0.05) is 75.2 Å². The van der Waals surface area contributed by atoms with E-state index in [1.165, 1.54) is 7.05 Å². The molecule has 25 N–H and O–H groups in total. The normalized spacial score (nSPS) is 18.0. The Morgan fingerprint density at radius 2 is 0.947 bits per heavy atom. The minimum atomic E-state index is -2.61. The fourth-order valence-corrected chi connectivity index (χ4v) is 11.5. The lowest BCUT2D eigenvalue weighted by Crippen LogP contribution is -2.59. The number of guanidine groups is 4. The largest absolute Gasteiger partial charge is 0.388 e. The summed E-state index contributed by atoms with van der Waals surface area (Å²) in [5.41, 5.74) is 45.1. The number of benzene rings is 2. The summed E-state index contributed by atoms with van der Waals surface area (Å²) in [4.78, 5) is 126. The van der Waals surface area contributed by atoms with Crippen molar-refractivity contribution in [3.05, 3.63) is 46.5 Å². The Morgan fingerprint density at radius 1 is 0.526 bits per heavy atom. The van der Waals surface area contributed by atoms with E-state index in [0.29, 0.717) is 0 Å². The molecule has 0 saturated heterocycles.